The SMILES string of the molecule is CC1CC(C(=O)N(C)Cc2ccc(Cl)c(Cl)c2)CCN1. The summed E-state index contributed by atoms with van der Waals surface area (Å²) < 4.78 is 0. The van der Waals surface area contributed by atoms with Gasteiger partial charge in [0.25, 0.3) is 0 Å². The molecule has 0 aliphatic carbocycles. The Morgan fingerprint density at radius 2 is 2.15 bits per heavy atom. The van der Waals surface area contributed by atoms with Gasteiger partial charge in [-0.1, -0.05) is 29.3 Å². The van der Waals surface area contributed by atoms with Gasteiger partial charge in [0.05, 0.1) is 10.0 Å². The summed E-state index contributed by atoms with van der Waals surface area (Å²) in [7, 11) is 1.84. The molecule has 1 N–H and O–H groups in total. The maximum atomic E-state index is 12.4. The highest BCUT2D eigenvalue weighted by Gasteiger charge is 2.26. The number of nitrogens with one attached hydrogen (secondary N) is 1. The lowest BCUT2D eigenvalue weighted by molar-refractivity contribution is -0.135. The van der Waals surface area contributed by atoms with Crippen molar-refractivity contribution in [1.29, 1.82) is 0 Å². The summed E-state index contributed by atoms with van der Waals surface area (Å²) in [6, 6.07) is 5.91. The van der Waals surface area contributed by atoms with E-state index in [1.807, 2.05) is 19.2 Å². The van der Waals surface area contributed by atoms with E-state index in [4.69, 9.17) is 23.2 Å². The van der Waals surface area contributed by atoms with Gasteiger partial charge in [-0.25, -0.2) is 0 Å². The molecule has 1 aromatic rings. The average Bonchev–Trinajstić information content (AvgIpc) is 2.42. The van der Waals surface area contributed by atoms with Gasteiger partial charge in [-0.05, 0) is 44.0 Å². The molecule has 5 heteroatoms. The van der Waals surface area contributed by atoms with E-state index in [2.05, 4.69) is 12.2 Å². The van der Waals surface area contributed by atoms with Crippen molar-refractivity contribution in [1.82, 2.24) is 10.2 Å². The molecular weight excluding hydrogens is 295 g/mol. The fraction of sp³-hybridized carbons (Fsp3) is 0.533. The van der Waals surface area contributed by atoms with Crippen LogP contribution in [0, 0.1) is 5.92 Å². The minimum absolute atomic E-state index is 0.124. The van der Waals surface area contributed by atoms with Crippen molar-refractivity contribution >= 4 is 29.1 Å². The Kier molecular flexibility index (Phi) is 5.30. The third kappa shape index (κ3) is 3.87. The molecule has 1 fully saturated rings. The molecule has 0 aromatic heterocycles. The maximum Gasteiger partial charge on any atom is 0.225 e. The van der Waals surface area contributed by atoms with Gasteiger partial charge >= 0.3 is 0 Å². The molecule has 2 rings (SSSR count). The third-order valence-electron chi connectivity index (χ3n) is 3.75. The zero-order chi connectivity index (χ0) is 14.7. The number of hydrogen-bond acceptors (Lipinski definition) is 2. The second-order valence-electron chi connectivity index (χ2n) is 5.52. The quantitative estimate of drug-likeness (QED) is 0.928. The maximum absolute atomic E-state index is 12.4. The van der Waals surface area contributed by atoms with Gasteiger partial charge in [0, 0.05) is 25.6 Å². The van der Waals surface area contributed by atoms with E-state index in [0.717, 1.165) is 24.9 Å². The van der Waals surface area contributed by atoms with Crippen LogP contribution >= 0.6 is 23.2 Å². The minimum atomic E-state index is 0.124. The molecule has 1 amide bonds. The molecule has 20 heavy (non-hydrogen) atoms. The fourth-order valence-corrected chi connectivity index (χ4v) is 2.98. The van der Waals surface area contributed by atoms with Gasteiger partial charge in [0.15, 0.2) is 0 Å². The molecule has 1 aliphatic rings. The van der Waals surface area contributed by atoms with E-state index in [-0.39, 0.29) is 11.8 Å². The van der Waals surface area contributed by atoms with Crippen molar-refractivity contribution in [3.8, 4) is 0 Å². The Hall–Kier alpha value is -0.770. The molecule has 2 unspecified atom stereocenters. The van der Waals surface area contributed by atoms with E-state index < -0.39 is 0 Å². The molecule has 0 saturated carbocycles. The topological polar surface area (TPSA) is 32.3 Å². The van der Waals surface area contributed by atoms with E-state index in [1.165, 1.54) is 0 Å². The van der Waals surface area contributed by atoms with Crippen LogP contribution in [-0.4, -0.2) is 30.4 Å². The first-order valence-electron chi connectivity index (χ1n) is 6.89. The molecular formula is C15H20Cl2N2O. The highest BCUT2D eigenvalue weighted by molar-refractivity contribution is 6.42. The van der Waals surface area contributed by atoms with Crippen LogP contribution in [0.3, 0.4) is 0 Å². The molecule has 2 atom stereocenters. The first-order valence-corrected chi connectivity index (χ1v) is 7.65. The summed E-state index contributed by atoms with van der Waals surface area (Å²) in [5.41, 5.74) is 0.997. The number of carbonyl (C=O) groups excluding carboxylic acids is 1. The van der Waals surface area contributed by atoms with Crippen molar-refractivity contribution in [2.45, 2.75) is 32.4 Å². The van der Waals surface area contributed by atoms with Gasteiger partial charge in [-0.15, -0.1) is 0 Å². The van der Waals surface area contributed by atoms with Crippen molar-refractivity contribution in [3.05, 3.63) is 33.8 Å². The van der Waals surface area contributed by atoms with Crippen LogP contribution in [0.2, 0.25) is 10.0 Å². The van der Waals surface area contributed by atoms with E-state index in [9.17, 15) is 4.79 Å². The summed E-state index contributed by atoms with van der Waals surface area (Å²) in [6.45, 7) is 3.60. The molecule has 0 radical (unpaired) electrons. The van der Waals surface area contributed by atoms with Gasteiger partial charge in [0.1, 0.15) is 0 Å². The third-order valence-corrected chi connectivity index (χ3v) is 4.49. The van der Waals surface area contributed by atoms with Crippen LogP contribution in [0.15, 0.2) is 18.2 Å². The summed E-state index contributed by atoms with van der Waals surface area (Å²) in [5.74, 6) is 0.337. The van der Waals surface area contributed by atoms with E-state index in [0.29, 0.717) is 22.6 Å². The highest BCUT2D eigenvalue weighted by Crippen LogP contribution is 2.24. The summed E-state index contributed by atoms with van der Waals surface area (Å²) in [6.07, 6.45) is 1.82. The van der Waals surface area contributed by atoms with Crippen LogP contribution in [0.4, 0.5) is 0 Å². The lowest BCUT2D eigenvalue weighted by Gasteiger charge is -2.30. The number of nitrogens with zero attached hydrogens (tertiary/aromatic N) is 1. The number of rotatable bonds is 3. The molecule has 1 aromatic carbocycles. The zero-order valence-electron chi connectivity index (χ0n) is 11.8. The van der Waals surface area contributed by atoms with Gasteiger partial charge in [-0.3, -0.25) is 4.79 Å². The van der Waals surface area contributed by atoms with Gasteiger partial charge in [0.2, 0.25) is 5.91 Å². The first-order chi connectivity index (χ1) is 9.47. The van der Waals surface area contributed by atoms with Crippen molar-refractivity contribution < 1.29 is 4.79 Å². The number of carbonyl (C=O) groups is 1. The van der Waals surface area contributed by atoms with E-state index >= 15 is 0 Å². The minimum Gasteiger partial charge on any atom is -0.341 e. The second kappa shape index (κ2) is 6.79. The van der Waals surface area contributed by atoms with Crippen LogP contribution < -0.4 is 5.32 Å². The molecule has 0 spiro atoms. The molecule has 110 valence electrons. The Morgan fingerprint density at radius 1 is 1.40 bits per heavy atom. The molecule has 1 saturated heterocycles. The van der Waals surface area contributed by atoms with Crippen LogP contribution in [0.25, 0.3) is 0 Å². The first kappa shape index (κ1) is 15.6. The molecule has 0 bridgehead atoms. The summed E-state index contributed by atoms with van der Waals surface area (Å²) >= 11 is 11.9. The largest absolute Gasteiger partial charge is 0.341 e. The summed E-state index contributed by atoms with van der Waals surface area (Å²) in [4.78, 5) is 14.2. The standard InChI is InChI=1S/C15H20Cl2N2O/c1-10-7-12(5-6-18-10)15(20)19(2)9-11-3-4-13(16)14(17)8-11/h3-4,8,10,12,18H,5-7,9H2,1-2H3. The van der Waals surface area contributed by atoms with Crippen molar-refractivity contribution in [3.63, 3.8) is 0 Å². The van der Waals surface area contributed by atoms with Crippen LogP contribution in [0.1, 0.15) is 25.3 Å². The van der Waals surface area contributed by atoms with Crippen molar-refractivity contribution in [2.75, 3.05) is 13.6 Å². The van der Waals surface area contributed by atoms with Crippen LogP contribution in [-0.2, 0) is 11.3 Å². The second-order valence-corrected chi connectivity index (χ2v) is 6.33. The fourth-order valence-electron chi connectivity index (χ4n) is 2.66. The van der Waals surface area contributed by atoms with Gasteiger partial charge in [-0.2, -0.15) is 0 Å². The molecule has 3 nitrogen and oxygen atoms in total. The van der Waals surface area contributed by atoms with Gasteiger partial charge < -0.3 is 10.2 Å². The number of halogens is 2. The Bertz CT molecular complexity index is 493. The zero-order valence-corrected chi connectivity index (χ0v) is 13.3. The predicted octanol–water partition coefficient (Wildman–Crippen LogP) is 3.34. The lowest BCUT2D eigenvalue weighted by Crippen LogP contribution is -2.42. The Labute approximate surface area is 130 Å². The monoisotopic (exact) mass is 314 g/mol. The van der Waals surface area contributed by atoms with Crippen molar-refractivity contribution in [2.24, 2.45) is 5.92 Å². The van der Waals surface area contributed by atoms with Crippen LogP contribution in [0.5, 0.6) is 0 Å². The van der Waals surface area contributed by atoms with E-state index in [1.54, 1.807) is 11.0 Å². The smallest absolute Gasteiger partial charge is 0.225 e. The molecule has 1 heterocycles. The summed E-state index contributed by atoms with van der Waals surface area (Å²) in [5, 5.41) is 4.43. The number of amides is 1. The Morgan fingerprint density at radius 3 is 2.80 bits per heavy atom. The predicted molar refractivity (Wildman–Crippen MR) is 83.1 cm³/mol. The highest BCUT2D eigenvalue weighted by atomic mass is 35.5. The lowest BCUT2D eigenvalue weighted by atomic mass is 9.92. The normalized spacial score (nSPS) is 22.6. The Balaban J connectivity index is 1.98. The average molecular weight is 315 g/mol. The molecule has 1 aliphatic heterocycles. The number of benzene rings is 1. The number of piperidine rings is 1. The number of hydrogen-bond donors (Lipinski definition) is 1.